The second-order valence-electron chi connectivity index (χ2n) is 4.43. The number of hydrazine groups is 1. The highest BCUT2D eigenvalue weighted by molar-refractivity contribution is 8.18. The van der Waals surface area contributed by atoms with Gasteiger partial charge in [-0.3, -0.25) is 9.80 Å². The molecule has 1 aromatic carbocycles. The highest BCUT2D eigenvalue weighted by Gasteiger charge is 2.27. The Morgan fingerprint density at radius 1 is 1.50 bits per heavy atom. The number of aromatic hydroxyl groups is 1. The summed E-state index contributed by atoms with van der Waals surface area (Å²) in [6.45, 7) is 1.66. The topological polar surface area (TPSA) is 64.9 Å². The van der Waals surface area contributed by atoms with Crippen LogP contribution in [0.5, 0.6) is 5.75 Å². The van der Waals surface area contributed by atoms with Gasteiger partial charge in [0.25, 0.3) is 5.91 Å². The van der Waals surface area contributed by atoms with Crippen LogP contribution < -0.4 is 5.43 Å². The predicted octanol–water partition coefficient (Wildman–Crippen LogP) is 1.71. The van der Waals surface area contributed by atoms with Crippen molar-refractivity contribution in [3.8, 4) is 5.75 Å². The molecule has 0 aliphatic carbocycles. The standard InChI is InChI=1S/C13H12FN3O2S/c14-9-2-3-10(18)8(6-9)7-11-12(19)16-13(20-11)17-5-1-4-15-17/h2-3,6-7,15,18H,1,4-5H2/b11-7-. The van der Waals surface area contributed by atoms with Gasteiger partial charge >= 0.3 is 0 Å². The van der Waals surface area contributed by atoms with Crippen LogP contribution in [0.25, 0.3) is 6.08 Å². The molecule has 0 atom stereocenters. The quantitative estimate of drug-likeness (QED) is 0.772. The molecule has 0 radical (unpaired) electrons. The normalized spacial score (nSPS) is 20.9. The van der Waals surface area contributed by atoms with Crippen LogP contribution in [0.2, 0.25) is 0 Å². The summed E-state index contributed by atoms with van der Waals surface area (Å²) in [6.07, 6.45) is 2.45. The number of hydrogen-bond donors (Lipinski definition) is 2. The third-order valence-electron chi connectivity index (χ3n) is 2.98. The molecule has 3 rings (SSSR count). The minimum atomic E-state index is -0.465. The number of thioether (sulfide) groups is 1. The maximum atomic E-state index is 13.2. The largest absolute Gasteiger partial charge is 0.507 e. The number of hydrogen-bond acceptors (Lipinski definition) is 5. The Morgan fingerprint density at radius 2 is 2.35 bits per heavy atom. The van der Waals surface area contributed by atoms with Crippen LogP contribution >= 0.6 is 11.8 Å². The summed E-state index contributed by atoms with van der Waals surface area (Å²) in [5.41, 5.74) is 3.39. The van der Waals surface area contributed by atoms with Crippen LogP contribution in [-0.4, -0.2) is 34.3 Å². The Kier molecular flexibility index (Phi) is 3.45. The van der Waals surface area contributed by atoms with Crippen molar-refractivity contribution in [1.82, 2.24) is 10.4 Å². The van der Waals surface area contributed by atoms with E-state index in [2.05, 4.69) is 10.4 Å². The molecule has 1 saturated heterocycles. The first-order valence-corrected chi connectivity index (χ1v) is 6.97. The molecule has 0 spiro atoms. The Hall–Kier alpha value is -1.86. The van der Waals surface area contributed by atoms with Gasteiger partial charge in [-0.05, 0) is 42.5 Å². The van der Waals surface area contributed by atoms with Crippen LogP contribution in [-0.2, 0) is 4.79 Å². The third kappa shape index (κ3) is 2.54. The molecule has 20 heavy (non-hydrogen) atoms. The summed E-state index contributed by atoms with van der Waals surface area (Å²) in [6, 6.07) is 3.61. The zero-order valence-electron chi connectivity index (χ0n) is 10.5. The lowest BCUT2D eigenvalue weighted by atomic mass is 10.2. The molecule has 0 unspecified atom stereocenters. The van der Waals surface area contributed by atoms with Gasteiger partial charge in [0, 0.05) is 18.7 Å². The molecule has 0 saturated carbocycles. The smallest absolute Gasteiger partial charge is 0.286 e. The fourth-order valence-corrected chi connectivity index (χ4v) is 2.90. The molecule has 2 aliphatic rings. The van der Waals surface area contributed by atoms with Crippen molar-refractivity contribution in [3.05, 3.63) is 34.5 Å². The molecule has 2 aliphatic heterocycles. The van der Waals surface area contributed by atoms with Crippen LogP contribution in [0.3, 0.4) is 0 Å². The molecule has 1 fully saturated rings. The monoisotopic (exact) mass is 293 g/mol. The first-order valence-electron chi connectivity index (χ1n) is 6.15. The van der Waals surface area contributed by atoms with Crippen molar-refractivity contribution in [2.24, 2.45) is 4.99 Å². The first-order chi connectivity index (χ1) is 9.63. The van der Waals surface area contributed by atoms with Gasteiger partial charge in [0.15, 0.2) is 5.17 Å². The van der Waals surface area contributed by atoms with Crippen molar-refractivity contribution in [1.29, 1.82) is 0 Å². The minimum absolute atomic E-state index is 0.0694. The summed E-state index contributed by atoms with van der Waals surface area (Å²) < 4.78 is 13.2. The minimum Gasteiger partial charge on any atom is -0.507 e. The van der Waals surface area contributed by atoms with E-state index in [0.29, 0.717) is 10.1 Å². The van der Waals surface area contributed by atoms with Gasteiger partial charge in [-0.2, -0.15) is 4.99 Å². The van der Waals surface area contributed by atoms with E-state index in [0.717, 1.165) is 25.6 Å². The fraction of sp³-hybridized carbons (Fsp3) is 0.231. The van der Waals surface area contributed by atoms with Crippen molar-refractivity contribution in [2.75, 3.05) is 13.1 Å². The summed E-state index contributed by atoms with van der Waals surface area (Å²) in [5, 5.41) is 12.1. The summed E-state index contributed by atoms with van der Waals surface area (Å²) in [7, 11) is 0. The maximum absolute atomic E-state index is 13.2. The number of aliphatic imine (C=N–C) groups is 1. The van der Waals surface area contributed by atoms with E-state index >= 15 is 0 Å². The predicted molar refractivity (Wildman–Crippen MR) is 75.4 cm³/mol. The van der Waals surface area contributed by atoms with Gasteiger partial charge < -0.3 is 5.11 Å². The average molecular weight is 293 g/mol. The van der Waals surface area contributed by atoms with Gasteiger partial charge in [0.1, 0.15) is 11.6 Å². The lowest BCUT2D eigenvalue weighted by Crippen LogP contribution is -2.34. The molecule has 104 valence electrons. The van der Waals surface area contributed by atoms with Crippen molar-refractivity contribution in [2.45, 2.75) is 6.42 Å². The number of amides is 1. The SMILES string of the molecule is O=C1N=C(N2CCCN2)S/C1=C\c1cc(F)ccc1O. The van der Waals surface area contributed by atoms with Crippen LogP contribution in [0.1, 0.15) is 12.0 Å². The summed E-state index contributed by atoms with van der Waals surface area (Å²) >= 11 is 1.22. The Labute approximate surface area is 119 Å². The average Bonchev–Trinajstić information content (AvgIpc) is 3.04. The molecule has 2 N–H and O–H groups in total. The number of rotatable bonds is 1. The van der Waals surface area contributed by atoms with Crippen molar-refractivity contribution < 1.29 is 14.3 Å². The number of nitrogens with one attached hydrogen (secondary N) is 1. The van der Waals surface area contributed by atoms with Gasteiger partial charge in [0.2, 0.25) is 0 Å². The van der Waals surface area contributed by atoms with E-state index < -0.39 is 5.82 Å². The highest BCUT2D eigenvalue weighted by atomic mass is 32.2. The Bertz CT molecular complexity index is 624. The lowest BCUT2D eigenvalue weighted by Gasteiger charge is -2.15. The van der Waals surface area contributed by atoms with E-state index in [1.165, 1.54) is 30.0 Å². The van der Waals surface area contributed by atoms with E-state index in [9.17, 15) is 14.3 Å². The Balaban J connectivity index is 1.83. The molecular weight excluding hydrogens is 281 g/mol. The number of amidine groups is 1. The van der Waals surface area contributed by atoms with Crippen molar-refractivity contribution >= 4 is 28.9 Å². The van der Waals surface area contributed by atoms with Gasteiger partial charge in [0.05, 0.1) is 4.91 Å². The van der Waals surface area contributed by atoms with E-state index in [1.54, 1.807) is 0 Å². The number of benzene rings is 1. The summed E-state index contributed by atoms with van der Waals surface area (Å²) in [4.78, 5) is 16.2. The molecular formula is C13H12FN3O2S. The number of halogens is 1. The molecule has 0 bridgehead atoms. The first kappa shape index (κ1) is 13.1. The van der Waals surface area contributed by atoms with Crippen LogP contribution in [0.15, 0.2) is 28.1 Å². The number of nitrogens with zero attached hydrogens (tertiary/aromatic N) is 2. The van der Waals surface area contributed by atoms with Gasteiger partial charge in [-0.15, -0.1) is 0 Å². The van der Waals surface area contributed by atoms with Crippen LogP contribution in [0.4, 0.5) is 4.39 Å². The Morgan fingerprint density at radius 3 is 3.10 bits per heavy atom. The molecule has 1 aromatic rings. The van der Waals surface area contributed by atoms with Gasteiger partial charge in [-0.25, -0.2) is 9.82 Å². The zero-order chi connectivity index (χ0) is 14.1. The van der Waals surface area contributed by atoms with Crippen LogP contribution in [0, 0.1) is 5.82 Å². The zero-order valence-corrected chi connectivity index (χ0v) is 11.3. The van der Waals surface area contributed by atoms with Crippen molar-refractivity contribution in [3.63, 3.8) is 0 Å². The fourth-order valence-electron chi connectivity index (χ4n) is 1.99. The molecule has 1 amide bonds. The number of carbonyl (C=O) groups is 1. The second kappa shape index (κ2) is 5.26. The molecule has 7 heteroatoms. The maximum Gasteiger partial charge on any atom is 0.286 e. The third-order valence-corrected chi connectivity index (χ3v) is 3.98. The summed E-state index contributed by atoms with van der Waals surface area (Å²) in [5.74, 6) is -0.908. The molecule has 2 heterocycles. The number of phenolic OH excluding ortho intramolecular Hbond substituents is 1. The van der Waals surface area contributed by atoms with E-state index in [1.807, 2.05) is 5.01 Å². The molecule has 0 aromatic heterocycles. The second-order valence-corrected chi connectivity index (χ2v) is 5.44. The number of phenols is 1. The molecule has 5 nitrogen and oxygen atoms in total. The highest BCUT2D eigenvalue weighted by Crippen LogP contribution is 2.32. The lowest BCUT2D eigenvalue weighted by molar-refractivity contribution is -0.113. The van der Waals surface area contributed by atoms with E-state index in [4.69, 9.17) is 0 Å². The van der Waals surface area contributed by atoms with Gasteiger partial charge in [-0.1, -0.05) is 0 Å². The van der Waals surface area contributed by atoms with E-state index in [-0.39, 0.29) is 17.2 Å². The number of carbonyl (C=O) groups excluding carboxylic acids is 1.